The smallest absolute Gasteiger partial charge is 0.306 e. The van der Waals surface area contributed by atoms with Gasteiger partial charge in [-0.15, -0.1) is 0 Å². The van der Waals surface area contributed by atoms with Gasteiger partial charge in [0.05, 0.1) is 0 Å². The van der Waals surface area contributed by atoms with Crippen molar-refractivity contribution in [3.05, 3.63) is 0 Å². The molecule has 0 aliphatic heterocycles. The molecule has 0 aromatic rings. The van der Waals surface area contributed by atoms with Gasteiger partial charge in [0.25, 0.3) is 0 Å². The molecule has 0 radical (unpaired) electrons. The fourth-order valence-corrected chi connectivity index (χ4v) is 9.10. The van der Waals surface area contributed by atoms with E-state index in [2.05, 4.69) is 27.7 Å². The molecule has 0 fully saturated rings. The largest absolute Gasteiger partial charge is 0.462 e. The molecule has 65 heavy (non-hydrogen) atoms. The van der Waals surface area contributed by atoms with Crippen molar-refractivity contribution in [2.75, 3.05) is 13.2 Å². The van der Waals surface area contributed by atoms with Crippen LogP contribution in [0.2, 0.25) is 0 Å². The first-order valence-corrected chi connectivity index (χ1v) is 29.4. The van der Waals surface area contributed by atoms with Gasteiger partial charge >= 0.3 is 17.9 Å². The predicted octanol–water partition coefficient (Wildman–Crippen LogP) is 19.4. The van der Waals surface area contributed by atoms with Crippen molar-refractivity contribution in [3.63, 3.8) is 0 Å². The van der Waals surface area contributed by atoms with E-state index >= 15 is 0 Å². The van der Waals surface area contributed by atoms with Crippen molar-refractivity contribution < 1.29 is 28.6 Å². The zero-order valence-electron chi connectivity index (χ0n) is 44.5. The van der Waals surface area contributed by atoms with E-state index in [0.29, 0.717) is 19.3 Å². The number of carbonyl (C=O) groups is 3. The van der Waals surface area contributed by atoms with Crippen LogP contribution in [0.15, 0.2) is 0 Å². The summed E-state index contributed by atoms with van der Waals surface area (Å²) in [4.78, 5) is 38.2. The van der Waals surface area contributed by atoms with E-state index in [1.165, 1.54) is 231 Å². The molecular weight excluding hydrogens is 805 g/mol. The molecule has 0 spiro atoms. The Morgan fingerprint density at radius 1 is 0.292 bits per heavy atom. The molecule has 0 saturated carbocycles. The van der Waals surface area contributed by atoms with Crippen molar-refractivity contribution in [2.24, 2.45) is 5.92 Å². The van der Waals surface area contributed by atoms with Crippen LogP contribution in [0.1, 0.15) is 336 Å². The maximum Gasteiger partial charge on any atom is 0.306 e. The van der Waals surface area contributed by atoms with Crippen LogP contribution >= 0.6 is 0 Å². The van der Waals surface area contributed by atoms with E-state index < -0.39 is 6.10 Å². The van der Waals surface area contributed by atoms with Gasteiger partial charge in [0.1, 0.15) is 13.2 Å². The van der Waals surface area contributed by atoms with Gasteiger partial charge in [-0.2, -0.15) is 0 Å². The topological polar surface area (TPSA) is 78.9 Å². The fourth-order valence-electron chi connectivity index (χ4n) is 9.10. The van der Waals surface area contributed by atoms with Crippen LogP contribution in [0.5, 0.6) is 0 Å². The van der Waals surface area contributed by atoms with Gasteiger partial charge in [-0.25, -0.2) is 0 Å². The first kappa shape index (κ1) is 63.4. The van der Waals surface area contributed by atoms with Crippen LogP contribution in [0, 0.1) is 5.92 Å². The normalized spacial score (nSPS) is 12.0. The Balaban J connectivity index is 4.29. The number of hydrogen-bond donors (Lipinski definition) is 0. The Morgan fingerprint density at radius 2 is 0.508 bits per heavy atom. The molecule has 0 aromatic heterocycles. The lowest BCUT2D eigenvalue weighted by molar-refractivity contribution is -0.167. The number of esters is 3. The molecule has 0 saturated heterocycles. The highest BCUT2D eigenvalue weighted by Gasteiger charge is 2.19. The number of unbranched alkanes of at least 4 members (excludes halogenated alkanes) is 41. The van der Waals surface area contributed by atoms with Gasteiger partial charge in [0.15, 0.2) is 6.10 Å². The second kappa shape index (κ2) is 53.4. The summed E-state index contributed by atoms with van der Waals surface area (Å²) in [6.07, 6.45) is 58.0. The summed E-state index contributed by atoms with van der Waals surface area (Å²) in [5, 5.41) is 0. The maximum absolute atomic E-state index is 12.8. The van der Waals surface area contributed by atoms with Gasteiger partial charge in [0, 0.05) is 19.3 Å². The van der Waals surface area contributed by atoms with E-state index in [1.54, 1.807) is 0 Å². The predicted molar refractivity (Wildman–Crippen MR) is 280 cm³/mol. The molecule has 0 aliphatic carbocycles. The molecule has 0 bridgehead atoms. The summed E-state index contributed by atoms with van der Waals surface area (Å²) in [7, 11) is 0. The van der Waals surface area contributed by atoms with Crippen molar-refractivity contribution in [3.8, 4) is 0 Å². The molecule has 6 heteroatoms. The molecule has 6 nitrogen and oxygen atoms in total. The second-order valence-corrected chi connectivity index (χ2v) is 20.8. The van der Waals surface area contributed by atoms with Gasteiger partial charge < -0.3 is 14.2 Å². The minimum absolute atomic E-state index is 0.0617. The number of ether oxygens (including phenoxy) is 3. The van der Waals surface area contributed by atoms with Crippen LogP contribution in [0.4, 0.5) is 0 Å². The van der Waals surface area contributed by atoms with Gasteiger partial charge in [-0.3, -0.25) is 14.4 Å². The van der Waals surface area contributed by atoms with E-state index in [0.717, 1.165) is 63.7 Å². The Hall–Kier alpha value is -1.59. The Bertz CT molecular complexity index is 980. The molecular formula is C59H114O6. The summed E-state index contributed by atoms with van der Waals surface area (Å²) in [6, 6.07) is 0. The summed E-state index contributed by atoms with van der Waals surface area (Å²) in [6.45, 7) is 9.06. The van der Waals surface area contributed by atoms with E-state index in [4.69, 9.17) is 14.2 Å². The summed E-state index contributed by atoms with van der Waals surface area (Å²) >= 11 is 0. The molecule has 0 unspecified atom stereocenters. The molecule has 0 aromatic carbocycles. The monoisotopic (exact) mass is 919 g/mol. The molecule has 0 aliphatic rings. The third-order valence-electron chi connectivity index (χ3n) is 13.5. The number of hydrogen-bond acceptors (Lipinski definition) is 6. The van der Waals surface area contributed by atoms with Crippen LogP contribution < -0.4 is 0 Å². The lowest BCUT2D eigenvalue weighted by Gasteiger charge is -2.18. The summed E-state index contributed by atoms with van der Waals surface area (Å²) in [5.41, 5.74) is 0. The number of carbonyl (C=O) groups excluding carboxylic acids is 3. The summed E-state index contributed by atoms with van der Waals surface area (Å²) in [5.74, 6) is -0.0000276. The quantitative estimate of drug-likeness (QED) is 0.0344. The van der Waals surface area contributed by atoms with Gasteiger partial charge in [-0.1, -0.05) is 297 Å². The Labute approximate surface area is 406 Å². The standard InChI is InChI=1S/C59H114O6/c1-5-7-9-11-13-15-17-19-21-22-24-25-30-34-38-42-46-50-57(60)63-53-56(65-59(62)52-48-44-40-36-32-26-23-20-18-16-14-12-10-8-6-2)54-64-58(61)51-47-43-39-35-31-28-27-29-33-37-41-45-49-55(3)4/h55-56H,5-54H2,1-4H3/t56-/m0/s1. The molecule has 0 rings (SSSR count). The van der Waals surface area contributed by atoms with Crippen LogP contribution in [-0.4, -0.2) is 37.2 Å². The first-order chi connectivity index (χ1) is 31.9. The molecule has 386 valence electrons. The zero-order valence-corrected chi connectivity index (χ0v) is 44.5. The van der Waals surface area contributed by atoms with Crippen LogP contribution in [0.3, 0.4) is 0 Å². The second-order valence-electron chi connectivity index (χ2n) is 20.8. The third kappa shape index (κ3) is 53.2. The molecule has 0 N–H and O–H groups in total. The van der Waals surface area contributed by atoms with E-state index in [9.17, 15) is 14.4 Å². The highest BCUT2D eigenvalue weighted by Crippen LogP contribution is 2.18. The van der Waals surface area contributed by atoms with Gasteiger partial charge in [-0.05, 0) is 25.2 Å². The third-order valence-corrected chi connectivity index (χ3v) is 13.5. The van der Waals surface area contributed by atoms with Crippen molar-refractivity contribution in [1.82, 2.24) is 0 Å². The molecule has 0 amide bonds. The average molecular weight is 920 g/mol. The lowest BCUT2D eigenvalue weighted by Crippen LogP contribution is -2.30. The Morgan fingerprint density at radius 3 is 0.754 bits per heavy atom. The van der Waals surface area contributed by atoms with Crippen LogP contribution in [-0.2, 0) is 28.6 Å². The highest BCUT2D eigenvalue weighted by molar-refractivity contribution is 5.71. The molecule has 1 atom stereocenters. The maximum atomic E-state index is 12.8. The molecule has 0 heterocycles. The summed E-state index contributed by atoms with van der Waals surface area (Å²) < 4.78 is 16.9. The van der Waals surface area contributed by atoms with Crippen molar-refractivity contribution >= 4 is 17.9 Å². The minimum Gasteiger partial charge on any atom is -0.462 e. The minimum atomic E-state index is -0.762. The number of rotatable bonds is 54. The average Bonchev–Trinajstić information content (AvgIpc) is 3.29. The van der Waals surface area contributed by atoms with E-state index in [1.807, 2.05) is 0 Å². The highest BCUT2D eigenvalue weighted by atomic mass is 16.6. The van der Waals surface area contributed by atoms with E-state index in [-0.39, 0.29) is 31.1 Å². The van der Waals surface area contributed by atoms with Gasteiger partial charge in [0.2, 0.25) is 0 Å². The fraction of sp³-hybridized carbons (Fsp3) is 0.949. The zero-order chi connectivity index (χ0) is 47.4. The van der Waals surface area contributed by atoms with Crippen molar-refractivity contribution in [2.45, 2.75) is 342 Å². The first-order valence-electron chi connectivity index (χ1n) is 29.4. The van der Waals surface area contributed by atoms with Crippen LogP contribution in [0.25, 0.3) is 0 Å². The lowest BCUT2D eigenvalue weighted by atomic mass is 10.0. The van der Waals surface area contributed by atoms with Crippen molar-refractivity contribution in [1.29, 1.82) is 0 Å². The Kier molecular flexibility index (Phi) is 52.1. The SMILES string of the molecule is CCCCCCCCCCCCCCCCCCCC(=O)OC[C@@H](COC(=O)CCCCCCCCCCCCCCC(C)C)OC(=O)CCCCCCCCCCCCCCCCC.